The summed E-state index contributed by atoms with van der Waals surface area (Å²) in [6.45, 7) is 10.9. The molecule has 1 heterocycles. The summed E-state index contributed by atoms with van der Waals surface area (Å²) in [5.41, 5.74) is -4.92. The van der Waals surface area contributed by atoms with Crippen LogP contribution in [-0.2, 0) is 24.0 Å². The minimum atomic E-state index is -2.73. The van der Waals surface area contributed by atoms with Gasteiger partial charge < -0.3 is 25.2 Å². The van der Waals surface area contributed by atoms with Gasteiger partial charge in [0.05, 0.1) is 25.0 Å². The minimum Gasteiger partial charge on any atom is -0.481 e. The predicted molar refractivity (Wildman–Crippen MR) is 101 cm³/mol. The molecule has 168 valence electrons. The summed E-state index contributed by atoms with van der Waals surface area (Å²) in [6, 6.07) is 0. The van der Waals surface area contributed by atoms with E-state index in [1.54, 1.807) is 18.9 Å². The summed E-state index contributed by atoms with van der Waals surface area (Å²) < 4.78 is 5.40. The molecule has 1 rings (SSSR count). The zero-order chi connectivity index (χ0) is 22.8. The van der Waals surface area contributed by atoms with Crippen molar-refractivity contribution in [2.45, 2.75) is 95.6 Å². The standard InChI is InChI=1S/C19H33NO9/c1-16(2)7-12(8-17(3,4)20(16)28-11-18(5,6)26)29-14(23)10-19(27,15(24)25)9-13(21)22/h12,26-27H,7-11H2,1-6H3,(H,21,22)(H,24,25). The van der Waals surface area contributed by atoms with Crippen molar-refractivity contribution in [3.8, 4) is 0 Å². The minimum absolute atomic E-state index is 0.0746. The van der Waals surface area contributed by atoms with Crippen LogP contribution in [0.3, 0.4) is 0 Å². The Balaban J connectivity index is 2.86. The highest BCUT2D eigenvalue weighted by Gasteiger charge is 2.49. The largest absolute Gasteiger partial charge is 0.481 e. The lowest BCUT2D eigenvalue weighted by molar-refractivity contribution is -0.306. The number of nitrogens with zero attached hydrogens (tertiary/aromatic N) is 1. The van der Waals surface area contributed by atoms with E-state index >= 15 is 0 Å². The fraction of sp³-hybridized carbons (Fsp3) is 0.842. The second kappa shape index (κ2) is 8.55. The second-order valence-corrected chi connectivity index (χ2v) is 9.61. The van der Waals surface area contributed by atoms with E-state index in [1.165, 1.54) is 0 Å². The third-order valence-electron chi connectivity index (χ3n) is 4.68. The molecule has 4 N–H and O–H groups in total. The summed E-state index contributed by atoms with van der Waals surface area (Å²) >= 11 is 0. The van der Waals surface area contributed by atoms with Gasteiger partial charge in [0.2, 0.25) is 0 Å². The average Bonchev–Trinajstić information content (AvgIpc) is 2.41. The average molecular weight is 419 g/mol. The molecule has 0 aromatic heterocycles. The molecule has 0 aromatic rings. The highest BCUT2D eigenvalue weighted by atomic mass is 16.7. The molecule has 29 heavy (non-hydrogen) atoms. The van der Waals surface area contributed by atoms with Gasteiger partial charge in [0.25, 0.3) is 0 Å². The van der Waals surface area contributed by atoms with E-state index < -0.39 is 59.1 Å². The van der Waals surface area contributed by atoms with Gasteiger partial charge in [0, 0.05) is 23.9 Å². The quantitative estimate of drug-likeness (QED) is 0.397. The van der Waals surface area contributed by atoms with Crippen LogP contribution >= 0.6 is 0 Å². The number of aliphatic hydroxyl groups is 2. The molecule has 0 aromatic carbocycles. The van der Waals surface area contributed by atoms with Gasteiger partial charge in [-0.3, -0.25) is 14.4 Å². The number of ether oxygens (including phenoxy) is 1. The van der Waals surface area contributed by atoms with E-state index in [0.29, 0.717) is 12.8 Å². The molecule has 1 aliphatic heterocycles. The van der Waals surface area contributed by atoms with Crippen LogP contribution < -0.4 is 0 Å². The molecular weight excluding hydrogens is 386 g/mol. The van der Waals surface area contributed by atoms with Crippen molar-refractivity contribution in [3.63, 3.8) is 0 Å². The van der Waals surface area contributed by atoms with Gasteiger partial charge in [-0.15, -0.1) is 0 Å². The van der Waals surface area contributed by atoms with E-state index in [1.807, 2.05) is 27.7 Å². The van der Waals surface area contributed by atoms with Gasteiger partial charge in [-0.25, -0.2) is 4.79 Å². The maximum atomic E-state index is 12.3. The molecule has 1 atom stereocenters. The van der Waals surface area contributed by atoms with Gasteiger partial charge in [-0.1, -0.05) is 0 Å². The van der Waals surface area contributed by atoms with Crippen molar-refractivity contribution in [1.82, 2.24) is 5.06 Å². The first-order valence-electron chi connectivity index (χ1n) is 9.41. The Morgan fingerprint density at radius 3 is 1.86 bits per heavy atom. The van der Waals surface area contributed by atoms with Crippen molar-refractivity contribution in [2.75, 3.05) is 6.61 Å². The maximum absolute atomic E-state index is 12.3. The fourth-order valence-corrected chi connectivity index (χ4v) is 3.76. The van der Waals surface area contributed by atoms with Crippen LogP contribution in [0.5, 0.6) is 0 Å². The predicted octanol–water partition coefficient (Wildman–Crippen LogP) is 0.934. The first-order valence-corrected chi connectivity index (χ1v) is 9.41. The number of hydrogen-bond acceptors (Lipinski definition) is 8. The number of carbonyl (C=O) groups is 3. The molecule has 0 spiro atoms. The lowest BCUT2D eigenvalue weighted by atomic mass is 9.80. The van der Waals surface area contributed by atoms with Crippen LogP contribution in [0.1, 0.15) is 67.2 Å². The Kier molecular flexibility index (Phi) is 7.45. The number of rotatable bonds is 9. The van der Waals surface area contributed by atoms with Crippen molar-refractivity contribution in [3.05, 3.63) is 0 Å². The van der Waals surface area contributed by atoms with Crippen LogP contribution in [0, 0.1) is 0 Å². The van der Waals surface area contributed by atoms with Crippen molar-refractivity contribution in [1.29, 1.82) is 0 Å². The Hall–Kier alpha value is -1.75. The number of aliphatic carboxylic acids is 2. The molecule has 0 bridgehead atoms. The zero-order valence-corrected chi connectivity index (χ0v) is 17.9. The first kappa shape index (κ1) is 25.3. The molecule has 1 unspecified atom stereocenters. The molecule has 10 nitrogen and oxygen atoms in total. The van der Waals surface area contributed by atoms with E-state index in [4.69, 9.17) is 19.8 Å². The smallest absolute Gasteiger partial charge is 0.336 e. The zero-order valence-electron chi connectivity index (χ0n) is 17.9. The first-order chi connectivity index (χ1) is 12.9. The SMILES string of the molecule is CC(C)(O)CON1C(C)(C)CC(OC(=O)CC(O)(CC(=O)O)C(=O)O)CC1(C)C. The van der Waals surface area contributed by atoms with Crippen LogP contribution in [0.4, 0.5) is 0 Å². The monoisotopic (exact) mass is 419 g/mol. The Morgan fingerprint density at radius 2 is 1.48 bits per heavy atom. The number of carboxylic acids is 2. The Morgan fingerprint density at radius 1 is 1.00 bits per heavy atom. The van der Waals surface area contributed by atoms with Gasteiger partial charge >= 0.3 is 17.9 Å². The van der Waals surface area contributed by atoms with Crippen LogP contribution in [0.2, 0.25) is 0 Å². The summed E-state index contributed by atoms with van der Waals surface area (Å²) in [5.74, 6) is -4.33. The molecule has 0 amide bonds. The number of hydroxylamine groups is 2. The third-order valence-corrected chi connectivity index (χ3v) is 4.68. The summed E-state index contributed by atoms with van der Waals surface area (Å²) in [5, 5.41) is 39.6. The van der Waals surface area contributed by atoms with E-state index in [-0.39, 0.29) is 6.61 Å². The van der Waals surface area contributed by atoms with E-state index in [0.717, 1.165) is 0 Å². The molecule has 0 radical (unpaired) electrons. The molecule has 0 saturated carbocycles. The summed E-state index contributed by atoms with van der Waals surface area (Å²) in [4.78, 5) is 40.1. The number of carbonyl (C=O) groups excluding carboxylic acids is 1. The van der Waals surface area contributed by atoms with E-state index in [9.17, 15) is 24.6 Å². The van der Waals surface area contributed by atoms with Crippen LogP contribution in [0.25, 0.3) is 0 Å². The van der Waals surface area contributed by atoms with Gasteiger partial charge in [0.1, 0.15) is 6.10 Å². The summed E-state index contributed by atoms with van der Waals surface area (Å²) in [7, 11) is 0. The normalized spacial score (nSPS) is 21.9. The molecule has 1 aliphatic rings. The van der Waals surface area contributed by atoms with Gasteiger partial charge in [-0.2, -0.15) is 5.06 Å². The maximum Gasteiger partial charge on any atom is 0.336 e. The fourth-order valence-electron chi connectivity index (χ4n) is 3.76. The van der Waals surface area contributed by atoms with Gasteiger partial charge in [-0.05, 0) is 41.5 Å². The molecule has 1 fully saturated rings. The van der Waals surface area contributed by atoms with E-state index in [2.05, 4.69) is 0 Å². The second-order valence-electron chi connectivity index (χ2n) is 9.61. The third kappa shape index (κ3) is 7.22. The van der Waals surface area contributed by atoms with Crippen LogP contribution in [-0.4, -0.2) is 78.4 Å². The highest BCUT2D eigenvalue weighted by molar-refractivity contribution is 5.88. The number of hydrogen-bond donors (Lipinski definition) is 4. The lowest BCUT2D eigenvalue weighted by Crippen LogP contribution is -2.62. The number of piperidine rings is 1. The molecule has 1 saturated heterocycles. The molecule has 10 heteroatoms. The van der Waals surface area contributed by atoms with Gasteiger partial charge in [0.15, 0.2) is 5.60 Å². The number of esters is 1. The lowest BCUT2D eigenvalue weighted by Gasteiger charge is -2.53. The summed E-state index contributed by atoms with van der Waals surface area (Å²) in [6.07, 6.45) is -1.95. The Bertz CT molecular complexity index is 620. The topological polar surface area (TPSA) is 154 Å². The van der Waals surface area contributed by atoms with Crippen molar-refractivity contribution in [2.24, 2.45) is 0 Å². The van der Waals surface area contributed by atoms with Crippen molar-refractivity contribution < 1.29 is 44.4 Å². The Labute approximate surface area is 170 Å². The number of carboxylic acid groups (broad SMARTS) is 2. The van der Waals surface area contributed by atoms with Crippen LogP contribution in [0.15, 0.2) is 0 Å². The highest BCUT2D eigenvalue weighted by Crippen LogP contribution is 2.40. The molecular formula is C19H33NO9. The van der Waals surface area contributed by atoms with Crippen molar-refractivity contribution >= 4 is 17.9 Å². The molecule has 0 aliphatic carbocycles.